The van der Waals surface area contributed by atoms with E-state index in [0.717, 1.165) is 17.0 Å². The van der Waals surface area contributed by atoms with Crippen molar-refractivity contribution in [1.82, 2.24) is 10.2 Å². The van der Waals surface area contributed by atoms with Crippen molar-refractivity contribution in [3.8, 4) is 0 Å². The Morgan fingerprint density at radius 3 is 2.61 bits per heavy atom. The number of amides is 2. The van der Waals surface area contributed by atoms with Crippen LogP contribution in [-0.2, 0) is 14.3 Å². The van der Waals surface area contributed by atoms with Gasteiger partial charge in [0.1, 0.15) is 0 Å². The van der Waals surface area contributed by atoms with Crippen LogP contribution in [0.3, 0.4) is 0 Å². The summed E-state index contributed by atoms with van der Waals surface area (Å²) < 4.78 is 4.77. The lowest BCUT2D eigenvalue weighted by atomic mass is 10.2. The fraction of sp³-hybridized carbons (Fsp3) is 0.308. The molecule has 0 fully saturated rings. The first-order valence-corrected chi connectivity index (χ1v) is 6.69. The van der Waals surface area contributed by atoms with Crippen molar-refractivity contribution >= 4 is 35.1 Å². The van der Waals surface area contributed by atoms with Gasteiger partial charge in [-0.05, 0) is 6.07 Å². The highest BCUT2D eigenvalue weighted by molar-refractivity contribution is 6.33. The first-order valence-electron chi connectivity index (χ1n) is 6.32. The molecule has 10 heteroatoms. The molecular weight excluding hydrogens is 330 g/mol. The van der Waals surface area contributed by atoms with Crippen molar-refractivity contribution in [2.45, 2.75) is 0 Å². The fourth-order valence-corrected chi connectivity index (χ4v) is 1.68. The first kappa shape index (κ1) is 18.4. The number of carbonyl (C=O) groups is 3. The third-order valence-corrected chi connectivity index (χ3v) is 3.12. The van der Waals surface area contributed by atoms with E-state index in [2.05, 4.69) is 5.32 Å². The van der Waals surface area contributed by atoms with Crippen LogP contribution in [0.1, 0.15) is 10.4 Å². The molecule has 1 N–H and O–H groups in total. The van der Waals surface area contributed by atoms with Crippen molar-refractivity contribution in [3.05, 3.63) is 38.9 Å². The maximum atomic E-state index is 11.9. The highest BCUT2D eigenvalue weighted by Crippen LogP contribution is 2.22. The van der Waals surface area contributed by atoms with Crippen molar-refractivity contribution < 1.29 is 24.0 Å². The Labute approximate surface area is 136 Å². The number of esters is 1. The third-order valence-electron chi connectivity index (χ3n) is 2.79. The Balaban J connectivity index is 2.70. The molecule has 0 aliphatic carbocycles. The summed E-state index contributed by atoms with van der Waals surface area (Å²) in [4.78, 5) is 45.8. The number of hydrogen-bond acceptors (Lipinski definition) is 6. The van der Waals surface area contributed by atoms with Crippen LogP contribution in [0.4, 0.5) is 5.69 Å². The number of hydrogen-bond donors (Lipinski definition) is 1. The lowest BCUT2D eigenvalue weighted by Gasteiger charge is -2.16. The number of nitrogens with zero attached hydrogens (tertiary/aromatic N) is 2. The Hall–Kier alpha value is -2.68. The predicted molar refractivity (Wildman–Crippen MR) is 80.1 cm³/mol. The van der Waals surface area contributed by atoms with E-state index in [4.69, 9.17) is 16.3 Å². The molecule has 0 saturated carbocycles. The van der Waals surface area contributed by atoms with Crippen molar-refractivity contribution in [2.24, 2.45) is 0 Å². The number of halogens is 1. The van der Waals surface area contributed by atoms with E-state index in [-0.39, 0.29) is 28.7 Å². The molecule has 1 aromatic rings. The zero-order chi connectivity index (χ0) is 17.6. The monoisotopic (exact) mass is 343 g/mol. The molecule has 0 aliphatic rings. The van der Waals surface area contributed by atoms with E-state index in [1.54, 1.807) is 0 Å². The second-order valence-electron chi connectivity index (χ2n) is 4.42. The summed E-state index contributed by atoms with van der Waals surface area (Å²) in [5.41, 5.74) is -0.549. The molecule has 0 aromatic heterocycles. The lowest BCUT2D eigenvalue weighted by molar-refractivity contribution is -0.384. The molecule has 0 heterocycles. The van der Waals surface area contributed by atoms with Crippen molar-refractivity contribution in [2.75, 3.05) is 27.2 Å². The zero-order valence-corrected chi connectivity index (χ0v) is 13.1. The third kappa shape index (κ3) is 5.22. The van der Waals surface area contributed by atoms with Crippen LogP contribution >= 0.6 is 11.6 Å². The second kappa shape index (κ2) is 8.08. The second-order valence-corrected chi connectivity index (χ2v) is 4.83. The first-order chi connectivity index (χ1) is 10.8. The number of ether oxygens (including phenoxy) is 1. The number of carbonyl (C=O) groups excluding carboxylic acids is 3. The van der Waals surface area contributed by atoms with Gasteiger partial charge in [-0.25, -0.2) is 4.79 Å². The van der Waals surface area contributed by atoms with Gasteiger partial charge in [-0.1, -0.05) is 11.6 Å². The Bertz CT molecular complexity index is 649. The van der Waals surface area contributed by atoms with Gasteiger partial charge >= 0.3 is 5.97 Å². The van der Waals surface area contributed by atoms with Gasteiger partial charge in [-0.15, -0.1) is 0 Å². The molecule has 0 aliphatic heterocycles. The topological polar surface area (TPSA) is 119 Å². The standard InChI is InChI=1S/C13H14ClN3O6/c1-15-11(18)6-16(2)12(19)7-23-13(20)9-5-8(17(21)22)3-4-10(9)14/h3-5H,6-7H2,1-2H3,(H,15,18). The van der Waals surface area contributed by atoms with Crippen LogP contribution in [0, 0.1) is 10.1 Å². The normalized spacial score (nSPS) is 9.87. The summed E-state index contributed by atoms with van der Waals surface area (Å²) in [5.74, 6) is -1.96. The van der Waals surface area contributed by atoms with E-state index in [9.17, 15) is 24.5 Å². The molecule has 1 aromatic carbocycles. The van der Waals surface area contributed by atoms with Crippen LogP contribution in [0.25, 0.3) is 0 Å². The zero-order valence-electron chi connectivity index (χ0n) is 12.4. The van der Waals surface area contributed by atoms with Crippen molar-refractivity contribution in [3.63, 3.8) is 0 Å². The van der Waals surface area contributed by atoms with Crippen LogP contribution < -0.4 is 5.32 Å². The molecule has 0 unspecified atom stereocenters. The van der Waals surface area contributed by atoms with Gasteiger partial charge in [0.15, 0.2) is 6.61 Å². The average Bonchev–Trinajstić information content (AvgIpc) is 2.51. The quantitative estimate of drug-likeness (QED) is 0.459. The number of rotatable bonds is 6. The minimum atomic E-state index is -0.972. The molecule has 0 bridgehead atoms. The molecule has 124 valence electrons. The number of nitro groups is 1. The number of nitro benzene ring substituents is 1. The van der Waals surface area contributed by atoms with Crippen LogP contribution in [0.2, 0.25) is 5.02 Å². The number of non-ortho nitro benzene ring substituents is 1. The number of nitrogens with one attached hydrogen (secondary N) is 1. The number of likely N-dealkylation sites (N-methyl/N-ethyl adjacent to an activating group) is 2. The van der Waals surface area contributed by atoms with Gasteiger partial charge in [0.25, 0.3) is 11.6 Å². The van der Waals surface area contributed by atoms with Gasteiger partial charge in [0, 0.05) is 26.2 Å². The van der Waals surface area contributed by atoms with E-state index >= 15 is 0 Å². The molecule has 9 nitrogen and oxygen atoms in total. The lowest BCUT2D eigenvalue weighted by Crippen LogP contribution is -2.39. The maximum Gasteiger partial charge on any atom is 0.340 e. The molecule has 0 spiro atoms. The van der Waals surface area contributed by atoms with Crippen LogP contribution in [-0.4, -0.2) is 54.9 Å². The van der Waals surface area contributed by atoms with Gasteiger partial charge in [0.2, 0.25) is 5.91 Å². The SMILES string of the molecule is CNC(=O)CN(C)C(=O)COC(=O)c1cc([N+](=O)[O-])ccc1Cl. The summed E-state index contributed by atoms with van der Waals surface area (Å²) in [7, 11) is 2.79. The van der Waals surface area contributed by atoms with Gasteiger partial charge in [-0.3, -0.25) is 19.7 Å². The summed E-state index contributed by atoms with van der Waals surface area (Å²) in [6, 6.07) is 3.29. The molecule has 0 radical (unpaired) electrons. The van der Waals surface area contributed by atoms with Crippen molar-refractivity contribution in [1.29, 1.82) is 0 Å². The minimum Gasteiger partial charge on any atom is -0.452 e. The van der Waals surface area contributed by atoms with E-state index < -0.39 is 23.4 Å². The Morgan fingerprint density at radius 2 is 2.04 bits per heavy atom. The van der Waals surface area contributed by atoms with E-state index in [1.807, 2.05) is 0 Å². The largest absolute Gasteiger partial charge is 0.452 e. The van der Waals surface area contributed by atoms with E-state index in [0.29, 0.717) is 0 Å². The smallest absolute Gasteiger partial charge is 0.340 e. The Kier molecular flexibility index (Phi) is 6.46. The van der Waals surface area contributed by atoms with Gasteiger partial charge in [0.05, 0.1) is 22.1 Å². The molecule has 2 amide bonds. The van der Waals surface area contributed by atoms with Gasteiger partial charge < -0.3 is 15.0 Å². The number of benzene rings is 1. The van der Waals surface area contributed by atoms with Crippen LogP contribution in [0.5, 0.6) is 0 Å². The highest BCUT2D eigenvalue weighted by Gasteiger charge is 2.19. The predicted octanol–water partition coefficient (Wildman–Crippen LogP) is 0.609. The van der Waals surface area contributed by atoms with E-state index in [1.165, 1.54) is 20.2 Å². The molecule has 0 saturated heterocycles. The average molecular weight is 344 g/mol. The molecule has 0 atom stereocenters. The van der Waals surface area contributed by atoms with Gasteiger partial charge in [-0.2, -0.15) is 0 Å². The highest BCUT2D eigenvalue weighted by atomic mass is 35.5. The molecule has 23 heavy (non-hydrogen) atoms. The minimum absolute atomic E-state index is 0.0354. The summed E-state index contributed by atoms with van der Waals surface area (Å²) in [6.07, 6.45) is 0. The Morgan fingerprint density at radius 1 is 1.39 bits per heavy atom. The molecule has 1 rings (SSSR count). The maximum absolute atomic E-state index is 11.9. The van der Waals surface area contributed by atoms with Crippen LogP contribution in [0.15, 0.2) is 18.2 Å². The summed E-state index contributed by atoms with van der Waals surface area (Å²) in [6.45, 7) is -0.810. The fourth-order valence-electron chi connectivity index (χ4n) is 1.48. The molecular formula is C13H14ClN3O6. The summed E-state index contributed by atoms with van der Waals surface area (Å²) >= 11 is 5.79. The summed E-state index contributed by atoms with van der Waals surface area (Å²) in [5, 5.41) is 13.0.